The second-order valence-corrected chi connectivity index (χ2v) is 19.3. The predicted octanol–water partition coefficient (Wildman–Crippen LogP) is 6.92. The molecule has 8 aliphatic rings. The number of piperidine rings is 3. The number of ether oxygens (including phenoxy) is 1. The zero-order valence-corrected chi connectivity index (χ0v) is 36.6. The molecule has 7 aliphatic heterocycles. The number of nitrogens with zero attached hydrogens (tertiary/aromatic N) is 5. The minimum absolute atomic E-state index is 0.0255. The standard InChI is InChI=1S/C44H51ClN6O3.C5H7NO2/c1-46-42-44(14-3-2-4-15-44)35-10-8-30(22-39(35)51(42)38-7-5-6-37(45)34(38)27-52)49-18-12-29(13-19-49)24-48-25-31(26-48)50-20-16-43(17-21-50)28-54-40-33-23-47-41(53)32(33)9-11-36(40)43;7-4-2-1-3-5(8)6-4/h5-11,22,27,29,31H,2-4,12-21,23-26,28H2,1H3,(H,47,53);1-3H2,(H,6,7,8). The van der Waals surface area contributed by atoms with Gasteiger partial charge in [-0.05, 0) is 99.8 Å². The Kier molecular flexibility index (Phi) is 11.1. The molecule has 13 heteroatoms. The average Bonchev–Trinajstić information content (AvgIpc) is 3.92. The van der Waals surface area contributed by atoms with Crippen LogP contribution in [0.1, 0.15) is 114 Å². The maximum atomic E-state index is 12.4. The van der Waals surface area contributed by atoms with E-state index in [-0.39, 0.29) is 28.6 Å². The monoisotopic (exact) mass is 859 g/mol. The normalized spacial score (nSPS) is 23.9. The van der Waals surface area contributed by atoms with Crippen molar-refractivity contribution in [3.05, 3.63) is 81.4 Å². The van der Waals surface area contributed by atoms with Crippen LogP contribution >= 0.6 is 11.6 Å². The highest BCUT2D eigenvalue weighted by atomic mass is 35.5. The van der Waals surface area contributed by atoms with E-state index in [9.17, 15) is 19.2 Å². The van der Waals surface area contributed by atoms with Gasteiger partial charge >= 0.3 is 0 Å². The van der Waals surface area contributed by atoms with Gasteiger partial charge in [0.05, 0.1) is 34.0 Å². The molecule has 1 aliphatic carbocycles. The van der Waals surface area contributed by atoms with Crippen molar-refractivity contribution in [3.63, 3.8) is 0 Å². The Bertz CT molecular complexity index is 2290. The van der Waals surface area contributed by atoms with Crippen molar-refractivity contribution in [2.45, 2.75) is 100 Å². The molecule has 4 saturated heterocycles. The Labute approximate surface area is 369 Å². The summed E-state index contributed by atoms with van der Waals surface area (Å²) < 4.78 is 6.30. The number of carbonyl (C=O) groups excluding carboxylic acids is 4. The molecule has 0 unspecified atom stereocenters. The van der Waals surface area contributed by atoms with Crippen molar-refractivity contribution in [1.29, 1.82) is 0 Å². The van der Waals surface area contributed by atoms with Gasteiger partial charge in [-0.1, -0.05) is 49.1 Å². The van der Waals surface area contributed by atoms with Crippen LogP contribution in [-0.2, 0) is 27.0 Å². The summed E-state index contributed by atoms with van der Waals surface area (Å²) in [6, 6.07) is 17.7. The van der Waals surface area contributed by atoms with Crippen LogP contribution in [0.5, 0.6) is 5.75 Å². The summed E-state index contributed by atoms with van der Waals surface area (Å²) in [7, 11) is 1.91. The van der Waals surface area contributed by atoms with Crippen LogP contribution in [-0.4, -0.2) is 105 Å². The van der Waals surface area contributed by atoms with Crippen LogP contribution in [0.3, 0.4) is 0 Å². The first-order chi connectivity index (χ1) is 30.2. The minimum Gasteiger partial charge on any atom is -0.492 e. The number of nitrogens with one attached hydrogen (secondary N) is 2. The van der Waals surface area contributed by atoms with Crippen LogP contribution in [0.25, 0.3) is 0 Å². The molecule has 0 aromatic heterocycles. The van der Waals surface area contributed by atoms with E-state index >= 15 is 0 Å². The molecule has 2 spiro atoms. The molecular weight excluding hydrogens is 802 g/mol. The van der Waals surface area contributed by atoms with E-state index in [1.165, 1.54) is 68.6 Å². The third-order valence-corrected chi connectivity index (χ3v) is 15.8. The van der Waals surface area contributed by atoms with Gasteiger partial charge < -0.3 is 15.0 Å². The number of amides is 3. The lowest BCUT2D eigenvalue weighted by molar-refractivity contribution is -0.132. The number of hydrogen-bond donors (Lipinski definition) is 2. The second-order valence-electron chi connectivity index (χ2n) is 18.9. The number of anilines is 3. The van der Waals surface area contributed by atoms with Crippen molar-refractivity contribution >= 4 is 58.5 Å². The Morgan fingerprint density at radius 2 is 1.61 bits per heavy atom. The Balaban J connectivity index is 0.000000518. The van der Waals surface area contributed by atoms with Gasteiger partial charge in [0.1, 0.15) is 11.6 Å². The summed E-state index contributed by atoms with van der Waals surface area (Å²) >= 11 is 6.60. The van der Waals surface area contributed by atoms with Crippen LogP contribution in [0.4, 0.5) is 17.1 Å². The first-order valence-corrected chi connectivity index (χ1v) is 23.3. The van der Waals surface area contributed by atoms with Gasteiger partial charge in [-0.15, -0.1) is 0 Å². The highest BCUT2D eigenvalue weighted by molar-refractivity contribution is 6.34. The zero-order chi connectivity index (χ0) is 42.6. The van der Waals surface area contributed by atoms with Crippen LogP contribution in [0.15, 0.2) is 53.5 Å². The van der Waals surface area contributed by atoms with E-state index in [2.05, 4.69) is 54.5 Å². The highest BCUT2D eigenvalue weighted by Gasteiger charge is 2.50. The maximum absolute atomic E-state index is 12.4. The fraction of sp³-hybridized carbons (Fsp3) is 0.531. The maximum Gasteiger partial charge on any atom is 0.252 e. The number of benzene rings is 3. The Hall–Kier alpha value is -4.78. The number of likely N-dealkylation sites (tertiary alicyclic amines) is 2. The van der Waals surface area contributed by atoms with Crippen LogP contribution in [0, 0.1) is 5.92 Å². The van der Waals surface area contributed by atoms with Crippen LogP contribution in [0.2, 0.25) is 5.02 Å². The second kappa shape index (κ2) is 16.7. The predicted molar refractivity (Wildman–Crippen MR) is 241 cm³/mol. The smallest absolute Gasteiger partial charge is 0.252 e. The van der Waals surface area contributed by atoms with E-state index < -0.39 is 0 Å². The van der Waals surface area contributed by atoms with Gasteiger partial charge in [-0.3, -0.25) is 44.2 Å². The number of rotatable bonds is 6. The van der Waals surface area contributed by atoms with Crippen molar-refractivity contribution in [2.75, 3.05) is 69.3 Å². The van der Waals surface area contributed by atoms with E-state index in [1.807, 2.05) is 25.2 Å². The SMILES string of the molecule is CN=C1N(c2cccc(Cl)c2C=O)c2cc(N3CCC(CN4CC(N5CCC6(CC5)COc5c6ccc6c5CNC6=O)C4)CC3)ccc2C12CCCCC2.O=C1CCCC(=O)N1. The van der Waals surface area contributed by atoms with E-state index in [0.717, 1.165) is 105 Å². The highest BCUT2D eigenvalue weighted by Crippen LogP contribution is 2.55. The van der Waals surface area contributed by atoms with Gasteiger partial charge in [0.15, 0.2) is 6.29 Å². The Morgan fingerprint density at radius 1 is 0.871 bits per heavy atom. The molecule has 1 saturated carbocycles. The van der Waals surface area contributed by atoms with Crippen molar-refractivity contribution in [3.8, 4) is 5.75 Å². The summed E-state index contributed by atoms with van der Waals surface area (Å²) in [6.07, 6.45) is 13.1. The molecule has 0 bridgehead atoms. The number of carbonyl (C=O) groups is 4. The molecule has 3 aromatic rings. The summed E-state index contributed by atoms with van der Waals surface area (Å²) in [4.78, 5) is 60.4. The lowest BCUT2D eigenvalue weighted by Crippen LogP contribution is -2.62. The Morgan fingerprint density at radius 3 is 2.31 bits per heavy atom. The van der Waals surface area contributed by atoms with Crippen molar-refractivity contribution in [1.82, 2.24) is 20.4 Å². The quantitative estimate of drug-likeness (QED) is 0.201. The molecule has 11 rings (SSSR count). The number of imide groups is 1. The fourth-order valence-corrected chi connectivity index (χ4v) is 12.2. The third kappa shape index (κ3) is 7.19. The molecule has 326 valence electrons. The topological polar surface area (TPSA) is 127 Å². The molecular formula is C49H58ClN7O5. The first-order valence-electron chi connectivity index (χ1n) is 23.0. The molecule has 3 aromatic carbocycles. The number of hydrogen-bond acceptors (Lipinski definition) is 9. The van der Waals surface area contributed by atoms with Gasteiger partial charge in [-0.25, -0.2) is 0 Å². The summed E-state index contributed by atoms with van der Waals surface area (Å²) in [5.74, 6) is 2.50. The molecule has 2 N–H and O–H groups in total. The molecule has 7 heterocycles. The zero-order valence-electron chi connectivity index (χ0n) is 35.9. The number of halogens is 1. The lowest BCUT2D eigenvalue weighted by atomic mass is 9.70. The molecule has 3 amide bonds. The van der Waals surface area contributed by atoms with Gasteiger partial charge in [0.25, 0.3) is 5.91 Å². The number of aldehydes is 1. The van der Waals surface area contributed by atoms with Gasteiger partial charge in [0.2, 0.25) is 11.8 Å². The first kappa shape index (κ1) is 41.2. The molecule has 5 fully saturated rings. The minimum atomic E-state index is -0.138. The molecule has 0 atom stereocenters. The number of fused-ring (bicyclic) bond motifs is 6. The van der Waals surface area contributed by atoms with E-state index in [0.29, 0.717) is 42.4 Å². The number of amidine groups is 1. The van der Waals surface area contributed by atoms with Crippen molar-refractivity contribution < 1.29 is 23.9 Å². The van der Waals surface area contributed by atoms with Gasteiger partial charge in [-0.2, -0.15) is 0 Å². The molecule has 0 radical (unpaired) electrons. The lowest BCUT2D eigenvalue weighted by Gasteiger charge is -2.50. The summed E-state index contributed by atoms with van der Waals surface area (Å²) in [5.41, 5.74) is 8.25. The summed E-state index contributed by atoms with van der Waals surface area (Å²) in [5, 5.41) is 5.65. The summed E-state index contributed by atoms with van der Waals surface area (Å²) in [6.45, 7) is 9.24. The number of aliphatic imine (C=N–C) groups is 1. The largest absolute Gasteiger partial charge is 0.492 e. The van der Waals surface area contributed by atoms with Crippen LogP contribution < -0.4 is 25.2 Å². The van der Waals surface area contributed by atoms with Gasteiger partial charge in [0, 0.05) is 93.0 Å². The third-order valence-electron chi connectivity index (χ3n) is 15.5. The van der Waals surface area contributed by atoms with E-state index in [4.69, 9.17) is 21.3 Å². The average molecular weight is 860 g/mol. The van der Waals surface area contributed by atoms with Crippen molar-refractivity contribution in [2.24, 2.45) is 10.9 Å². The molecule has 12 nitrogen and oxygen atoms in total. The van der Waals surface area contributed by atoms with E-state index in [1.54, 1.807) is 6.07 Å². The molecule has 62 heavy (non-hydrogen) atoms. The fourth-order valence-electron chi connectivity index (χ4n) is 12.0.